The van der Waals surface area contributed by atoms with Crippen molar-refractivity contribution in [3.8, 4) is 5.75 Å². The number of nitrogens with two attached hydrogens (primary N) is 1. The molecule has 0 aliphatic carbocycles. The topological polar surface area (TPSA) is 35.2 Å². The molecule has 2 aromatic rings. The Balaban J connectivity index is 2.48. The minimum absolute atomic E-state index is 0.134. The number of methoxy groups -OCH3 is 1. The van der Waals surface area contributed by atoms with E-state index in [1.807, 2.05) is 0 Å². The van der Waals surface area contributed by atoms with Gasteiger partial charge in [0.2, 0.25) is 0 Å². The highest BCUT2D eigenvalue weighted by atomic mass is 35.5. The second kappa shape index (κ2) is 5.95. The first-order valence-electron chi connectivity index (χ1n) is 5.67. The molecular formula is C14H11Cl2F2NO. The van der Waals surface area contributed by atoms with Gasteiger partial charge in [0.15, 0.2) is 0 Å². The molecule has 1 unspecified atom stereocenters. The summed E-state index contributed by atoms with van der Waals surface area (Å²) in [7, 11) is 1.46. The third kappa shape index (κ3) is 2.87. The molecule has 2 N–H and O–H groups in total. The van der Waals surface area contributed by atoms with Gasteiger partial charge in [0.1, 0.15) is 17.4 Å². The zero-order chi connectivity index (χ0) is 14.9. The fourth-order valence-electron chi connectivity index (χ4n) is 1.86. The summed E-state index contributed by atoms with van der Waals surface area (Å²) in [6, 6.07) is 5.35. The van der Waals surface area contributed by atoms with Crippen molar-refractivity contribution in [3.63, 3.8) is 0 Å². The third-order valence-electron chi connectivity index (χ3n) is 2.90. The van der Waals surface area contributed by atoms with Crippen LogP contribution in [0.15, 0.2) is 30.3 Å². The van der Waals surface area contributed by atoms with Crippen molar-refractivity contribution in [2.45, 2.75) is 6.04 Å². The predicted octanol–water partition coefficient (Wildman–Crippen LogP) is 4.33. The highest BCUT2D eigenvalue weighted by molar-refractivity contribution is 6.34. The molecule has 0 amide bonds. The van der Waals surface area contributed by atoms with Crippen molar-refractivity contribution in [3.05, 3.63) is 63.1 Å². The summed E-state index contributed by atoms with van der Waals surface area (Å²) in [5.41, 5.74) is 6.55. The normalized spacial score (nSPS) is 12.3. The van der Waals surface area contributed by atoms with Crippen LogP contribution in [0.1, 0.15) is 17.2 Å². The molecule has 20 heavy (non-hydrogen) atoms. The van der Waals surface area contributed by atoms with E-state index in [1.54, 1.807) is 0 Å². The largest absolute Gasteiger partial charge is 0.495 e. The van der Waals surface area contributed by atoms with Gasteiger partial charge in [0, 0.05) is 22.7 Å². The Morgan fingerprint density at radius 1 is 1.05 bits per heavy atom. The molecule has 0 heterocycles. The van der Waals surface area contributed by atoms with E-state index >= 15 is 0 Å². The lowest BCUT2D eigenvalue weighted by Gasteiger charge is -2.16. The molecular weight excluding hydrogens is 307 g/mol. The maximum atomic E-state index is 13.7. The monoisotopic (exact) mass is 317 g/mol. The van der Waals surface area contributed by atoms with E-state index in [0.29, 0.717) is 21.4 Å². The van der Waals surface area contributed by atoms with Gasteiger partial charge in [-0.25, -0.2) is 8.78 Å². The van der Waals surface area contributed by atoms with Gasteiger partial charge in [-0.15, -0.1) is 0 Å². The molecule has 0 saturated carbocycles. The van der Waals surface area contributed by atoms with Crippen LogP contribution in [0, 0.1) is 11.6 Å². The van der Waals surface area contributed by atoms with E-state index in [9.17, 15) is 8.78 Å². The van der Waals surface area contributed by atoms with Crippen molar-refractivity contribution in [2.75, 3.05) is 7.11 Å². The molecule has 0 spiro atoms. The van der Waals surface area contributed by atoms with Crippen LogP contribution in [0.2, 0.25) is 10.0 Å². The lowest BCUT2D eigenvalue weighted by atomic mass is 9.99. The quantitative estimate of drug-likeness (QED) is 0.914. The Bertz CT molecular complexity index is 649. The molecule has 0 fully saturated rings. The van der Waals surface area contributed by atoms with E-state index in [4.69, 9.17) is 33.7 Å². The van der Waals surface area contributed by atoms with E-state index in [0.717, 1.165) is 12.1 Å². The molecule has 2 aromatic carbocycles. The van der Waals surface area contributed by atoms with Gasteiger partial charge in [0.05, 0.1) is 18.2 Å². The lowest BCUT2D eigenvalue weighted by Crippen LogP contribution is -2.14. The molecule has 0 aliphatic heterocycles. The Labute approximate surface area is 125 Å². The number of hydrogen-bond donors (Lipinski definition) is 1. The van der Waals surface area contributed by atoms with Gasteiger partial charge < -0.3 is 10.5 Å². The third-order valence-corrected chi connectivity index (χ3v) is 3.53. The van der Waals surface area contributed by atoms with E-state index in [-0.39, 0.29) is 5.56 Å². The fraction of sp³-hybridized carbons (Fsp3) is 0.143. The van der Waals surface area contributed by atoms with Gasteiger partial charge in [-0.3, -0.25) is 0 Å². The summed E-state index contributed by atoms with van der Waals surface area (Å²) in [5, 5.41) is 0.604. The van der Waals surface area contributed by atoms with Gasteiger partial charge in [-0.1, -0.05) is 29.3 Å². The molecule has 0 saturated heterocycles. The molecule has 1 atom stereocenters. The van der Waals surface area contributed by atoms with E-state index < -0.39 is 17.7 Å². The smallest absolute Gasteiger partial charge is 0.138 e. The number of benzene rings is 2. The van der Waals surface area contributed by atoms with Crippen LogP contribution in [0.3, 0.4) is 0 Å². The van der Waals surface area contributed by atoms with Crippen molar-refractivity contribution in [1.82, 2.24) is 0 Å². The van der Waals surface area contributed by atoms with Gasteiger partial charge in [-0.05, 0) is 17.7 Å². The average molecular weight is 318 g/mol. The number of rotatable bonds is 3. The van der Waals surface area contributed by atoms with Crippen LogP contribution in [0.5, 0.6) is 5.75 Å². The maximum absolute atomic E-state index is 13.7. The van der Waals surface area contributed by atoms with Crippen LogP contribution in [-0.2, 0) is 0 Å². The number of hydrogen-bond acceptors (Lipinski definition) is 2. The fourth-order valence-corrected chi connectivity index (χ4v) is 2.38. The number of ether oxygens (including phenoxy) is 1. The van der Waals surface area contributed by atoms with Crippen molar-refractivity contribution < 1.29 is 13.5 Å². The Morgan fingerprint density at radius 3 is 2.35 bits per heavy atom. The highest BCUT2D eigenvalue weighted by Gasteiger charge is 2.19. The molecule has 0 bridgehead atoms. The lowest BCUT2D eigenvalue weighted by molar-refractivity contribution is 0.415. The molecule has 106 valence electrons. The zero-order valence-electron chi connectivity index (χ0n) is 10.5. The van der Waals surface area contributed by atoms with Crippen molar-refractivity contribution >= 4 is 23.2 Å². The van der Waals surface area contributed by atoms with Crippen LogP contribution >= 0.6 is 23.2 Å². The second-order valence-corrected chi connectivity index (χ2v) is 4.97. The maximum Gasteiger partial charge on any atom is 0.138 e. The molecule has 6 heteroatoms. The first-order valence-corrected chi connectivity index (χ1v) is 6.43. The first kappa shape index (κ1) is 15.0. The van der Waals surface area contributed by atoms with Crippen LogP contribution in [-0.4, -0.2) is 7.11 Å². The summed E-state index contributed by atoms with van der Waals surface area (Å²) in [5.74, 6) is -1.01. The summed E-state index contributed by atoms with van der Waals surface area (Å²) in [4.78, 5) is 0. The minimum atomic E-state index is -0.855. The summed E-state index contributed by atoms with van der Waals surface area (Å²) >= 11 is 12.1. The van der Waals surface area contributed by atoms with Gasteiger partial charge in [-0.2, -0.15) is 0 Å². The van der Waals surface area contributed by atoms with E-state index in [2.05, 4.69) is 0 Å². The second-order valence-electron chi connectivity index (χ2n) is 4.15. The first-order chi connectivity index (χ1) is 9.43. The van der Waals surface area contributed by atoms with Crippen molar-refractivity contribution in [1.29, 1.82) is 0 Å². The molecule has 0 aromatic heterocycles. The van der Waals surface area contributed by atoms with Gasteiger partial charge in [0.25, 0.3) is 0 Å². The van der Waals surface area contributed by atoms with Crippen LogP contribution in [0.4, 0.5) is 8.78 Å². The van der Waals surface area contributed by atoms with Crippen LogP contribution in [0.25, 0.3) is 0 Å². The standard InChI is InChI=1S/C14H11Cl2F2NO/c1-20-13-6-10(15)9(5-11(13)16)14(19)8-3-2-7(17)4-12(8)18/h2-6,14H,19H2,1H3. The Kier molecular flexibility index (Phi) is 4.48. The Hall–Kier alpha value is -1.36. The molecule has 0 aliphatic rings. The summed E-state index contributed by atoms with van der Waals surface area (Å²) in [6.07, 6.45) is 0. The Morgan fingerprint density at radius 2 is 1.75 bits per heavy atom. The number of halogens is 4. The molecule has 0 radical (unpaired) electrons. The molecule has 2 rings (SSSR count). The summed E-state index contributed by atoms with van der Waals surface area (Å²) < 4.78 is 31.7. The van der Waals surface area contributed by atoms with Gasteiger partial charge >= 0.3 is 0 Å². The zero-order valence-corrected chi connectivity index (χ0v) is 12.0. The van der Waals surface area contributed by atoms with Crippen LogP contribution < -0.4 is 10.5 Å². The molecule has 2 nitrogen and oxygen atoms in total. The minimum Gasteiger partial charge on any atom is -0.495 e. The SMILES string of the molecule is COc1cc(Cl)c(C(N)c2ccc(F)cc2F)cc1Cl. The predicted molar refractivity (Wildman–Crippen MR) is 75.4 cm³/mol. The summed E-state index contributed by atoms with van der Waals surface area (Å²) in [6.45, 7) is 0. The highest BCUT2D eigenvalue weighted by Crippen LogP contribution is 2.35. The average Bonchev–Trinajstić information content (AvgIpc) is 2.40. The van der Waals surface area contributed by atoms with Crippen molar-refractivity contribution in [2.24, 2.45) is 5.73 Å². The van der Waals surface area contributed by atoms with E-state index in [1.165, 1.54) is 25.3 Å².